The Morgan fingerprint density at radius 3 is 2.50 bits per heavy atom. The van der Waals surface area contributed by atoms with E-state index in [0.717, 1.165) is 32.0 Å². The van der Waals surface area contributed by atoms with Crippen molar-refractivity contribution in [1.82, 2.24) is 10.2 Å². The number of aliphatic hydroxyl groups is 1. The van der Waals surface area contributed by atoms with E-state index in [2.05, 4.69) is 31.0 Å². The number of hydrogen-bond acceptors (Lipinski definition) is 5. The summed E-state index contributed by atoms with van der Waals surface area (Å²) in [4.78, 5) is 14.5. The summed E-state index contributed by atoms with van der Waals surface area (Å²) < 4.78 is 4.91. The first-order valence-electron chi connectivity index (χ1n) is 14.5. The molecule has 0 radical (unpaired) electrons. The van der Waals surface area contributed by atoms with Gasteiger partial charge in [0.2, 0.25) is 0 Å². The summed E-state index contributed by atoms with van der Waals surface area (Å²) in [6, 6.07) is 0.726. The van der Waals surface area contributed by atoms with Gasteiger partial charge in [0.1, 0.15) is 0 Å². The van der Waals surface area contributed by atoms with Gasteiger partial charge in [-0.3, -0.25) is 9.69 Å². The molecular weight excluding hydrogens is 424 g/mol. The van der Waals surface area contributed by atoms with Crippen LogP contribution in [0.15, 0.2) is 0 Å². The Kier molecular flexibility index (Phi) is 7.11. The molecule has 1 heterocycles. The molecule has 34 heavy (non-hydrogen) atoms. The quantitative estimate of drug-likeness (QED) is 0.576. The second kappa shape index (κ2) is 9.67. The summed E-state index contributed by atoms with van der Waals surface area (Å²) in [6.45, 7) is 12.2. The third-order valence-electron chi connectivity index (χ3n) is 12.1. The van der Waals surface area contributed by atoms with Crippen LogP contribution in [0.25, 0.3) is 0 Å². The van der Waals surface area contributed by atoms with E-state index in [0.29, 0.717) is 52.8 Å². The van der Waals surface area contributed by atoms with Gasteiger partial charge < -0.3 is 15.2 Å². The van der Waals surface area contributed by atoms with Crippen LogP contribution in [0.3, 0.4) is 0 Å². The van der Waals surface area contributed by atoms with Gasteiger partial charge in [-0.15, -0.1) is 0 Å². The molecule has 5 rings (SSSR count). The van der Waals surface area contributed by atoms with Crippen molar-refractivity contribution < 1.29 is 14.6 Å². The van der Waals surface area contributed by atoms with Crippen LogP contribution in [-0.2, 0) is 9.53 Å². The lowest BCUT2D eigenvalue weighted by Crippen LogP contribution is -2.60. The predicted molar refractivity (Wildman–Crippen MR) is 135 cm³/mol. The Hall–Kier alpha value is -0.650. The van der Waals surface area contributed by atoms with Crippen molar-refractivity contribution in [3.05, 3.63) is 0 Å². The summed E-state index contributed by atoms with van der Waals surface area (Å²) in [7, 11) is 1.50. The molecule has 5 heteroatoms. The minimum absolute atomic E-state index is 0.0756. The molecule has 0 aromatic heterocycles. The highest BCUT2D eigenvalue weighted by atomic mass is 16.5. The lowest BCUT2D eigenvalue weighted by molar-refractivity contribution is -0.171. The molecule has 5 aliphatic rings. The van der Waals surface area contributed by atoms with Crippen molar-refractivity contribution in [1.29, 1.82) is 0 Å². The fourth-order valence-corrected chi connectivity index (χ4v) is 10.2. The number of ether oxygens (including phenoxy) is 1. The van der Waals surface area contributed by atoms with Crippen LogP contribution in [0.2, 0.25) is 0 Å². The van der Waals surface area contributed by atoms with Crippen molar-refractivity contribution in [3.63, 3.8) is 0 Å². The summed E-state index contributed by atoms with van der Waals surface area (Å²) in [6.07, 6.45) is 11.5. The van der Waals surface area contributed by atoms with E-state index in [4.69, 9.17) is 4.74 Å². The third kappa shape index (κ3) is 4.16. The highest BCUT2D eigenvalue weighted by molar-refractivity contribution is 5.69. The predicted octanol–water partition coefficient (Wildman–Crippen LogP) is 4.48. The van der Waals surface area contributed by atoms with Crippen LogP contribution in [-0.4, -0.2) is 61.4 Å². The second-order valence-corrected chi connectivity index (χ2v) is 13.3. The van der Waals surface area contributed by atoms with E-state index < -0.39 is 0 Å². The molecule has 4 unspecified atom stereocenters. The second-order valence-electron chi connectivity index (χ2n) is 13.3. The van der Waals surface area contributed by atoms with Crippen molar-refractivity contribution in [2.45, 2.75) is 97.1 Å². The Bertz CT molecular complexity index is 739. The fourth-order valence-electron chi connectivity index (χ4n) is 10.2. The minimum atomic E-state index is -0.126. The van der Waals surface area contributed by atoms with E-state index in [-0.39, 0.29) is 12.1 Å². The van der Waals surface area contributed by atoms with Gasteiger partial charge in [0.15, 0.2) is 0 Å². The van der Waals surface area contributed by atoms with Crippen molar-refractivity contribution in [3.8, 4) is 0 Å². The van der Waals surface area contributed by atoms with Crippen molar-refractivity contribution >= 4 is 5.97 Å². The number of carbonyl (C=O) groups is 1. The standard InChI is InChI=1S/C29H50N2O3/c1-19(5-8-26(33)34-4)22-6-7-23-27-24(10-12-29(22,23)3)28(2)11-9-21(17-20(28)18-25(27)32)31-15-13-30-14-16-31/h19-25,27,30,32H,5-18H2,1-4H3/t19-,20+,21+,22?,23?,24?,25-,27?,28+,29-/m1/s1. The first kappa shape index (κ1) is 25.0. The van der Waals surface area contributed by atoms with Crippen LogP contribution in [0, 0.1) is 46.3 Å². The molecule has 1 saturated heterocycles. The third-order valence-corrected chi connectivity index (χ3v) is 12.1. The number of nitrogens with zero attached hydrogens (tertiary/aromatic N) is 1. The summed E-state index contributed by atoms with van der Waals surface area (Å²) in [5.41, 5.74) is 0.725. The summed E-state index contributed by atoms with van der Waals surface area (Å²) >= 11 is 0. The highest BCUT2D eigenvalue weighted by Gasteiger charge is 2.63. The Morgan fingerprint density at radius 2 is 1.76 bits per heavy atom. The number of nitrogens with one attached hydrogen (secondary N) is 1. The first-order chi connectivity index (χ1) is 16.3. The zero-order valence-electron chi connectivity index (χ0n) is 22.2. The van der Waals surface area contributed by atoms with Gasteiger partial charge in [-0.1, -0.05) is 20.8 Å². The van der Waals surface area contributed by atoms with Crippen molar-refractivity contribution in [2.75, 3.05) is 33.3 Å². The summed E-state index contributed by atoms with van der Waals surface area (Å²) in [5.74, 6) is 3.64. The number of piperazine rings is 1. The average molecular weight is 475 g/mol. The molecule has 0 bridgehead atoms. The minimum Gasteiger partial charge on any atom is -0.469 e. The molecule has 194 valence electrons. The molecule has 0 spiro atoms. The zero-order chi connectivity index (χ0) is 24.1. The van der Waals surface area contributed by atoms with E-state index >= 15 is 0 Å². The first-order valence-corrected chi connectivity index (χ1v) is 14.5. The van der Waals surface area contributed by atoms with Crippen LogP contribution in [0.5, 0.6) is 0 Å². The molecule has 4 saturated carbocycles. The zero-order valence-corrected chi connectivity index (χ0v) is 22.2. The number of aliphatic hydroxyl groups excluding tert-OH is 1. The Morgan fingerprint density at radius 1 is 1.06 bits per heavy atom. The Labute approximate surface area is 207 Å². The molecule has 0 amide bonds. The number of esters is 1. The van der Waals surface area contributed by atoms with Crippen LogP contribution in [0.1, 0.15) is 85.0 Å². The molecule has 0 aromatic carbocycles. The van der Waals surface area contributed by atoms with E-state index in [1.54, 1.807) is 0 Å². The molecule has 5 fully saturated rings. The van der Waals surface area contributed by atoms with Crippen molar-refractivity contribution in [2.24, 2.45) is 46.3 Å². The molecular formula is C29H50N2O3. The topological polar surface area (TPSA) is 61.8 Å². The lowest BCUT2D eigenvalue weighted by Gasteiger charge is -2.63. The van der Waals surface area contributed by atoms with E-state index in [9.17, 15) is 9.90 Å². The van der Waals surface area contributed by atoms with Gasteiger partial charge in [0.05, 0.1) is 13.2 Å². The van der Waals surface area contributed by atoms with Gasteiger partial charge in [-0.25, -0.2) is 0 Å². The number of fused-ring (bicyclic) bond motifs is 5. The van der Waals surface area contributed by atoms with E-state index in [1.807, 2.05) is 0 Å². The number of rotatable bonds is 5. The molecule has 5 nitrogen and oxygen atoms in total. The highest BCUT2D eigenvalue weighted by Crippen LogP contribution is 2.68. The van der Waals surface area contributed by atoms with Gasteiger partial charge in [0.25, 0.3) is 0 Å². The molecule has 4 aliphatic carbocycles. The Balaban J connectivity index is 1.29. The maximum atomic E-state index is 11.8. The smallest absolute Gasteiger partial charge is 0.305 e. The van der Waals surface area contributed by atoms with Gasteiger partial charge in [0, 0.05) is 38.6 Å². The van der Waals surface area contributed by atoms with Crippen LogP contribution >= 0.6 is 0 Å². The lowest BCUT2D eigenvalue weighted by atomic mass is 9.43. The van der Waals surface area contributed by atoms with E-state index in [1.165, 1.54) is 65.1 Å². The van der Waals surface area contributed by atoms with Crippen LogP contribution in [0.4, 0.5) is 0 Å². The summed E-state index contributed by atoms with van der Waals surface area (Å²) in [5, 5.41) is 15.2. The number of hydrogen-bond donors (Lipinski definition) is 2. The maximum Gasteiger partial charge on any atom is 0.305 e. The largest absolute Gasteiger partial charge is 0.469 e. The van der Waals surface area contributed by atoms with Gasteiger partial charge >= 0.3 is 5.97 Å². The van der Waals surface area contributed by atoms with Gasteiger partial charge in [-0.05, 0) is 104 Å². The average Bonchev–Trinajstić information content (AvgIpc) is 3.20. The van der Waals surface area contributed by atoms with Crippen LogP contribution < -0.4 is 5.32 Å². The molecule has 1 aliphatic heterocycles. The number of methoxy groups -OCH3 is 1. The molecule has 2 N–H and O–H groups in total. The maximum absolute atomic E-state index is 11.8. The number of carbonyl (C=O) groups excluding carboxylic acids is 1. The molecule has 10 atom stereocenters. The SMILES string of the molecule is COC(=O)CC[C@@H](C)C1CCC2C3C(CC[C@@]21C)[C@@]1(C)CC[C@H](N2CCNCC2)C[C@H]1C[C@H]3O. The molecule has 0 aromatic rings. The van der Waals surface area contributed by atoms with Gasteiger partial charge in [-0.2, -0.15) is 0 Å². The fraction of sp³-hybridized carbons (Fsp3) is 0.966. The normalized spacial score (nSPS) is 47.9. The monoisotopic (exact) mass is 474 g/mol.